The van der Waals surface area contributed by atoms with E-state index < -0.39 is 24.0 Å². The Morgan fingerprint density at radius 2 is 1.81 bits per heavy atom. The molecule has 2 atom stereocenters. The number of rotatable bonds is 10. The molecule has 8 nitrogen and oxygen atoms in total. The van der Waals surface area contributed by atoms with Crippen LogP contribution in [0.5, 0.6) is 17.2 Å². The number of hydrogen-bond donors (Lipinski definition) is 3. The lowest BCUT2D eigenvalue weighted by Gasteiger charge is -2.21. The van der Waals surface area contributed by atoms with Gasteiger partial charge in [-0.2, -0.15) is 5.10 Å². The first-order valence-electron chi connectivity index (χ1n) is 11.0. The second-order valence-electron chi connectivity index (χ2n) is 7.87. The van der Waals surface area contributed by atoms with E-state index >= 15 is 0 Å². The van der Waals surface area contributed by atoms with Crippen LogP contribution in [0, 0.1) is 0 Å². The number of amides is 2. The molecule has 0 unspecified atom stereocenters. The highest BCUT2D eigenvalue weighted by atomic mass is 79.9. The van der Waals surface area contributed by atoms with Crippen molar-refractivity contribution >= 4 is 57.2 Å². The lowest BCUT2D eigenvalue weighted by atomic mass is 10.1. The monoisotopic (exact) mass is 607 g/mol. The van der Waals surface area contributed by atoms with Gasteiger partial charge in [0.05, 0.1) is 22.8 Å². The number of nitrogens with one attached hydrogen (secondary N) is 2. The van der Waals surface area contributed by atoms with Crippen LogP contribution in [-0.2, 0) is 16.0 Å². The summed E-state index contributed by atoms with van der Waals surface area (Å²) in [5, 5.41) is 17.4. The third-order valence-electron chi connectivity index (χ3n) is 5.14. The number of carbonyl (C=O) groups excluding carboxylic acids is 2. The lowest BCUT2D eigenvalue weighted by Crippen LogP contribution is -2.50. The number of halogens is 3. The van der Waals surface area contributed by atoms with Crippen molar-refractivity contribution in [1.29, 1.82) is 0 Å². The zero-order chi connectivity index (χ0) is 26.9. The summed E-state index contributed by atoms with van der Waals surface area (Å²) >= 11 is 15.3. The Hall–Kier alpha value is -3.27. The van der Waals surface area contributed by atoms with Gasteiger partial charge in [0, 0.05) is 11.4 Å². The van der Waals surface area contributed by atoms with E-state index in [2.05, 4.69) is 31.8 Å². The topological polar surface area (TPSA) is 109 Å². The first-order chi connectivity index (χ1) is 17.7. The number of ether oxygens (including phenoxy) is 2. The number of phenols is 1. The van der Waals surface area contributed by atoms with Crippen molar-refractivity contribution in [3.63, 3.8) is 0 Å². The maximum atomic E-state index is 13.0. The van der Waals surface area contributed by atoms with E-state index in [1.165, 1.54) is 19.4 Å². The van der Waals surface area contributed by atoms with E-state index in [1.807, 2.05) is 30.3 Å². The van der Waals surface area contributed by atoms with Crippen LogP contribution in [0.2, 0.25) is 10.0 Å². The van der Waals surface area contributed by atoms with Gasteiger partial charge in [0.15, 0.2) is 17.6 Å². The van der Waals surface area contributed by atoms with Crippen molar-refractivity contribution in [3.8, 4) is 17.2 Å². The van der Waals surface area contributed by atoms with E-state index in [9.17, 15) is 14.7 Å². The molecule has 0 saturated heterocycles. The van der Waals surface area contributed by atoms with E-state index in [1.54, 1.807) is 31.2 Å². The molecule has 0 fully saturated rings. The summed E-state index contributed by atoms with van der Waals surface area (Å²) in [5.74, 6) is -0.567. The largest absolute Gasteiger partial charge is 0.503 e. The van der Waals surface area contributed by atoms with Crippen LogP contribution in [0.15, 0.2) is 70.2 Å². The van der Waals surface area contributed by atoms with Crippen molar-refractivity contribution < 1.29 is 24.2 Å². The number of phenolic OH excluding ortho intramolecular Hbond substituents is 1. The molecule has 0 aliphatic heterocycles. The minimum atomic E-state index is -0.949. The minimum Gasteiger partial charge on any atom is -0.503 e. The number of aromatic hydroxyl groups is 1. The number of hydrogen-bond acceptors (Lipinski definition) is 6. The molecule has 0 spiro atoms. The SMILES string of the molecule is COc1cc(/C=N\NC(=O)[C@H](Cc2ccccc2)NC(=O)[C@H](C)Oc2ccc(Cl)cc2Cl)cc(Br)c1O. The summed E-state index contributed by atoms with van der Waals surface area (Å²) in [7, 11) is 1.42. The highest BCUT2D eigenvalue weighted by molar-refractivity contribution is 9.10. The van der Waals surface area contributed by atoms with Gasteiger partial charge in [-0.1, -0.05) is 53.5 Å². The van der Waals surface area contributed by atoms with Crippen molar-refractivity contribution in [3.05, 3.63) is 86.3 Å². The predicted molar refractivity (Wildman–Crippen MR) is 147 cm³/mol. The van der Waals surface area contributed by atoms with Crippen LogP contribution < -0.4 is 20.2 Å². The molecule has 3 rings (SSSR count). The van der Waals surface area contributed by atoms with Crippen molar-refractivity contribution in [1.82, 2.24) is 10.7 Å². The molecule has 3 aromatic carbocycles. The molecule has 11 heteroatoms. The molecule has 0 heterocycles. The van der Waals surface area contributed by atoms with Crippen LogP contribution in [0.3, 0.4) is 0 Å². The van der Waals surface area contributed by atoms with E-state index in [-0.39, 0.29) is 28.7 Å². The lowest BCUT2D eigenvalue weighted by molar-refractivity contribution is -0.132. The molecular formula is C26H24BrCl2N3O5. The smallest absolute Gasteiger partial charge is 0.262 e. The Morgan fingerprint density at radius 1 is 1.08 bits per heavy atom. The van der Waals surface area contributed by atoms with Crippen molar-refractivity contribution in [2.45, 2.75) is 25.5 Å². The van der Waals surface area contributed by atoms with E-state index in [0.29, 0.717) is 15.1 Å². The fourth-order valence-electron chi connectivity index (χ4n) is 3.24. The van der Waals surface area contributed by atoms with Gasteiger partial charge in [-0.25, -0.2) is 5.43 Å². The van der Waals surface area contributed by atoms with Gasteiger partial charge in [-0.15, -0.1) is 0 Å². The Kier molecular flexibility index (Phi) is 10.2. The van der Waals surface area contributed by atoms with Gasteiger partial charge in [-0.3, -0.25) is 9.59 Å². The highest BCUT2D eigenvalue weighted by Gasteiger charge is 2.25. The third kappa shape index (κ3) is 8.11. The molecule has 0 radical (unpaired) electrons. The number of hydrazone groups is 1. The standard InChI is InChI=1S/C26H24BrCl2N3O5/c1-15(37-22-9-8-18(28)13-20(22)29)25(34)31-21(11-16-6-4-3-5-7-16)26(35)32-30-14-17-10-19(27)24(33)23(12-17)36-2/h3-10,12-15,21,33H,11H2,1-2H3,(H,31,34)(H,32,35)/b30-14-/t15-,21-/m0/s1. The molecule has 0 aliphatic carbocycles. The molecule has 0 aromatic heterocycles. The minimum absolute atomic E-state index is 0.0504. The molecule has 3 N–H and O–H groups in total. The van der Waals surface area contributed by atoms with Gasteiger partial charge in [0.2, 0.25) is 0 Å². The Morgan fingerprint density at radius 3 is 2.49 bits per heavy atom. The van der Waals surface area contributed by atoms with Crippen LogP contribution in [0.1, 0.15) is 18.1 Å². The average Bonchev–Trinajstić information content (AvgIpc) is 2.87. The number of carbonyl (C=O) groups is 2. The van der Waals surface area contributed by atoms with Crippen LogP contribution in [0.4, 0.5) is 0 Å². The summed E-state index contributed by atoms with van der Waals surface area (Å²) in [6, 6.07) is 16.1. The van der Waals surface area contributed by atoms with Gasteiger partial charge < -0.3 is 19.9 Å². The fourth-order valence-corrected chi connectivity index (χ4v) is 4.15. The Balaban J connectivity index is 1.71. The maximum absolute atomic E-state index is 13.0. The first-order valence-corrected chi connectivity index (χ1v) is 12.6. The Bertz CT molecular complexity index is 1290. The molecular weight excluding hydrogens is 585 g/mol. The molecule has 37 heavy (non-hydrogen) atoms. The average molecular weight is 609 g/mol. The van der Waals surface area contributed by atoms with E-state index in [0.717, 1.165) is 5.56 Å². The second kappa shape index (κ2) is 13.3. The summed E-state index contributed by atoms with van der Waals surface area (Å²) in [6.07, 6.45) is 0.663. The number of benzene rings is 3. The number of nitrogens with zero attached hydrogens (tertiary/aromatic N) is 1. The molecule has 2 amide bonds. The van der Waals surface area contributed by atoms with Gasteiger partial charge in [0.25, 0.3) is 11.8 Å². The molecule has 0 saturated carbocycles. The second-order valence-corrected chi connectivity index (χ2v) is 9.57. The van der Waals surface area contributed by atoms with E-state index in [4.69, 9.17) is 32.7 Å². The van der Waals surface area contributed by atoms with Crippen molar-refractivity contribution in [2.75, 3.05) is 7.11 Å². The Labute approximate surface area is 232 Å². The number of methoxy groups -OCH3 is 1. The summed E-state index contributed by atoms with van der Waals surface area (Å²) in [6.45, 7) is 1.55. The zero-order valence-corrected chi connectivity index (χ0v) is 23.0. The van der Waals surface area contributed by atoms with Gasteiger partial charge in [0.1, 0.15) is 11.8 Å². The zero-order valence-electron chi connectivity index (χ0n) is 19.9. The third-order valence-corrected chi connectivity index (χ3v) is 6.28. The molecule has 0 aliphatic rings. The normalized spacial score (nSPS) is 12.6. The summed E-state index contributed by atoms with van der Waals surface area (Å²) < 4.78 is 11.2. The van der Waals surface area contributed by atoms with Crippen LogP contribution >= 0.6 is 39.1 Å². The van der Waals surface area contributed by atoms with Gasteiger partial charge in [-0.05, 0) is 64.3 Å². The van der Waals surface area contributed by atoms with Crippen LogP contribution in [-0.4, -0.2) is 42.4 Å². The van der Waals surface area contributed by atoms with Gasteiger partial charge >= 0.3 is 0 Å². The van der Waals surface area contributed by atoms with Crippen molar-refractivity contribution in [2.24, 2.45) is 5.10 Å². The predicted octanol–water partition coefficient (Wildman–Crippen LogP) is 5.12. The summed E-state index contributed by atoms with van der Waals surface area (Å²) in [4.78, 5) is 25.9. The fraction of sp³-hybridized carbons (Fsp3) is 0.192. The quantitative estimate of drug-likeness (QED) is 0.219. The molecule has 0 bridgehead atoms. The molecule has 194 valence electrons. The van der Waals surface area contributed by atoms with Crippen LogP contribution in [0.25, 0.3) is 0 Å². The maximum Gasteiger partial charge on any atom is 0.262 e. The molecule has 3 aromatic rings. The highest BCUT2D eigenvalue weighted by Crippen LogP contribution is 2.34. The summed E-state index contributed by atoms with van der Waals surface area (Å²) in [5.41, 5.74) is 3.86. The first kappa shape index (κ1) is 28.3.